The van der Waals surface area contributed by atoms with Crippen LogP contribution in [-0.2, 0) is 28.6 Å². The zero-order valence-electron chi connectivity index (χ0n) is 39.0. The maximum Gasteiger partial charge on any atom is 0.306 e. The van der Waals surface area contributed by atoms with Crippen LogP contribution in [0.25, 0.3) is 0 Å². The smallest absolute Gasteiger partial charge is 0.306 e. The molecule has 0 amide bonds. The van der Waals surface area contributed by atoms with Gasteiger partial charge in [0.15, 0.2) is 6.10 Å². The Morgan fingerprint density at radius 3 is 0.860 bits per heavy atom. The molecule has 6 heteroatoms. The molecule has 338 valence electrons. The van der Waals surface area contributed by atoms with Crippen molar-refractivity contribution < 1.29 is 28.6 Å². The molecule has 0 N–H and O–H groups in total. The summed E-state index contributed by atoms with van der Waals surface area (Å²) >= 11 is 0. The van der Waals surface area contributed by atoms with Crippen molar-refractivity contribution >= 4 is 17.9 Å². The van der Waals surface area contributed by atoms with Gasteiger partial charge in [-0.2, -0.15) is 0 Å². The third kappa shape index (κ3) is 45.3. The summed E-state index contributed by atoms with van der Waals surface area (Å²) in [5.74, 6) is 0.763. The molecule has 0 bridgehead atoms. The van der Waals surface area contributed by atoms with Gasteiger partial charge in [0.05, 0.1) is 0 Å². The second-order valence-corrected chi connectivity index (χ2v) is 18.4. The maximum absolute atomic E-state index is 12.8. The first-order chi connectivity index (χ1) is 27.7. The molecule has 0 aliphatic carbocycles. The summed E-state index contributed by atoms with van der Waals surface area (Å²) in [5, 5.41) is 0. The Bertz CT molecular complexity index is 870. The van der Waals surface area contributed by atoms with E-state index in [-0.39, 0.29) is 31.1 Å². The molecule has 0 fully saturated rings. The van der Waals surface area contributed by atoms with Crippen LogP contribution < -0.4 is 0 Å². The Kier molecular flexibility index (Phi) is 42.7. The lowest BCUT2D eigenvalue weighted by Crippen LogP contribution is -2.30. The van der Waals surface area contributed by atoms with Crippen LogP contribution >= 0.6 is 0 Å². The average Bonchev–Trinajstić information content (AvgIpc) is 3.18. The second kappa shape index (κ2) is 44.0. The first-order valence-corrected chi connectivity index (χ1v) is 25.2. The molecule has 6 nitrogen and oxygen atoms in total. The predicted molar refractivity (Wildman–Crippen MR) is 243 cm³/mol. The number of hydrogen-bond acceptors (Lipinski definition) is 6. The highest BCUT2D eigenvalue weighted by Crippen LogP contribution is 2.17. The molecule has 0 aromatic carbocycles. The molecule has 0 rings (SSSR count). The minimum Gasteiger partial charge on any atom is -0.462 e. The van der Waals surface area contributed by atoms with E-state index in [2.05, 4.69) is 34.6 Å². The van der Waals surface area contributed by atoms with Gasteiger partial charge < -0.3 is 14.2 Å². The molecule has 1 atom stereocenters. The molecule has 0 aromatic rings. The Balaban J connectivity index is 4.30. The standard InChI is InChI=1S/C51H98O6/c1-6-7-8-9-10-11-12-13-14-19-22-27-33-38-43-51(54)57-48(45-56-50(53)42-37-32-28-23-25-30-35-40-47(4)5)44-55-49(52)41-36-31-26-21-18-16-15-17-20-24-29-34-39-46(2)3/h46-48H,6-45H2,1-5H3/t48-/m0/s1. The normalized spacial score (nSPS) is 12.1. The van der Waals surface area contributed by atoms with Crippen LogP contribution in [0.4, 0.5) is 0 Å². The minimum atomic E-state index is -0.761. The van der Waals surface area contributed by atoms with E-state index in [0.29, 0.717) is 19.3 Å². The number of esters is 3. The van der Waals surface area contributed by atoms with Crippen molar-refractivity contribution in [2.45, 2.75) is 285 Å². The van der Waals surface area contributed by atoms with Gasteiger partial charge in [0.25, 0.3) is 0 Å². The number of rotatable bonds is 45. The molecular weight excluding hydrogens is 709 g/mol. The Labute approximate surface area is 355 Å². The molecule has 0 radical (unpaired) electrons. The zero-order valence-corrected chi connectivity index (χ0v) is 39.0. The highest BCUT2D eigenvalue weighted by molar-refractivity contribution is 5.71. The van der Waals surface area contributed by atoms with Gasteiger partial charge in [-0.25, -0.2) is 0 Å². The quantitative estimate of drug-likeness (QED) is 0.0346. The molecule has 0 saturated carbocycles. The molecule has 0 aliphatic heterocycles. The Hall–Kier alpha value is -1.59. The van der Waals surface area contributed by atoms with E-state index in [0.717, 1.165) is 69.6 Å². The lowest BCUT2D eigenvalue weighted by atomic mass is 10.0. The van der Waals surface area contributed by atoms with Crippen molar-refractivity contribution in [1.29, 1.82) is 0 Å². The van der Waals surface area contributed by atoms with Crippen LogP contribution in [-0.4, -0.2) is 37.2 Å². The van der Waals surface area contributed by atoms with Gasteiger partial charge in [0.2, 0.25) is 0 Å². The van der Waals surface area contributed by atoms with Crippen LogP contribution in [0.5, 0.6) is 0 Å². The van der Waals surface area contributed by atoms with Crippen molar-refractivity contribution in [3.63, 3.8) is 0 Å². The van der Waals surface area contributed by atoms with Gasteiger partial charge in [-0.05, 0) is 31.1 Å². The predicted octanol–water partition coefficient (Wildman–Crippen LogP) is 16.1. The summed E-state index contributed by atoms with van der Waals surface area (Å²) in [6.45, 7) is 11.3. The van der Waals surface area contributed by atoms with Crippen molar-refractivity contribution in [2.24, 2.45) is 11.8 Å². The molecule has 57 heavy (non-hydrogen) atoms. The van der Waals surface area contributed by atoms with Gasteiger partial charge in [-0.15, -0.1) is 0 Å². The van der Waals surface area contributed by atoms with E-state index in [1.807, 2.05) is 0 Å². The molecule has 0 spiro atoms. The fraction of sp³-hybridized carbons (Fsp3) is 0.941. The molecule has 0 unspecified atom stereocenters. The van der Waals surface area contributed by atoms with Crippen LogP contribution in [0.15, 0.2) is 0 Å². The van der Waals surface area contributed by atoms with E-state index in [1.54, 1.807) is 0 Å². The summed E-state index contributed by atoms with van der Waals surface area (Å²) in [4.78, 5) is 37.9. The first-order valence-electron chi connectivity index (χ1n) is 25.2. The monoisotopic (exact) mass is 807 g/mol. The van der Waals surface area contributed by atoms with Crippen molar-refractivity contribution in [2.75, 3.05) is 13.2 Å². The molecule has 0 heterocycles. The Morgan fingerprint density at radius 2 is 0.579 bits per heavy atom. The topological polar surface area (TPSA) is 78.9 Å². The fourth-order valence-electron chi connectivity index (χ4n) is 7.64. The molecular formula is C51H98O6. The van der Waals surface area contributed by atoms with Crippen LogP contribution in [0, 0.1) is 11.8 Å². The van der Waals surface area contributed by atoms with E-state index in [1.165, 1.54) is 167 Å². The van der Waals surface area contributed by atoms with Gasteiger partial charge in [0.1, 0.15) is 13.2 Å². The number of hydrogen-bond donors (Lipinski definition) is 0. The number of unbranched alkanes of at least 4 members (excludes halogenated alkanes) is 30. The summed E-state index contributed by atoms with van der Waals surface area (Å²) in [6, 6.07) is 0. The van der Waals surface area contributed by atoms with Gasteiger partial charge >= 0.3 is 17.9 Å². The zero-order chi connectivity index (χ0) is 41.9. The average molecular weight is 807 g/mol. The lowest BCUT2D eigenvalue weighted by molar-refractivity contribution is -0.167. The largest absolute Gasteiger partial charge is 0.462 e. The second-order valence-electron chi connectivity index (χ2n) is 18.4. The number of ether oxygens (including phenoxy) is 3. The van der Waals surface area contributed by atoms with Crippen molar-refractivity contribution in [1.82, 2.24) is 0 Å². The summed E-state index contributed by atoms with van der Waals surface area (Å²) in [5.41, 5.74) is 0. The number of carbonyl (C=O) groups is 3. The van der Waals surface area contributed by atoms with Crippen molar-refractivity contribution in [3.05, 3.63) is 0 Å². The Morgan fingerprint density at radius 1 is 0.333 bits per heavy atom. The summed E-state index contributed by atoms with van der Waals surface area (Å²) in [7, 11) is 0. The molecule has 0 aliphatic rings. The van der Waals surface area contributed by atoms with Crippen LogP contribution in [0.1, 0.15) is 279 Å². The fourth-order valence-corrected chi connectivity index (χ4v) is 7.64. The van der Waals surface area contributed by atoms with Gasteiger partial charge in [-0.1, -0.05) is 240 Å². The molecule has 0 aromatic heterocycles. The van der Waals surface area contributed by atoms with Crippen LogP contribution in [0.2, 0.25) is 0 Å². The summed E-state index contributed by atoms with van der Waals surface area (Å²) < 4.78 is 16.8. The SMILES string of the molecule is CCCCCCCCCCCCCCCCC(=O)O[C@@H](COC(=O)CCCCCCCCCCCCCCC(C)C)COC(=O)CCCCCCCCCC(C)C. The highest BCUT2D eigenvalue weighted by Gasteiger charge is 2.19. The van der Waals surface area contributed by atoms with E-state index in [4.69, 9.17) is 14.2 Å². The van der Waals surface area contributed by atoms with Gasteiger partial charge in [0, 0.05) is 19.3 Å². The van der Waals surface area contributed by atoms with E-state index >= 15 is 0 Å². The van der Waals surface area contributed by atoms with Crippen LogP contribution in [0.3, 0.4) is 0 Å². The first kappa shape index (κ1) is 55.4. The lowest BCUT2D eigenvalue weighted by Gasteiger charge is -2.18. The third-order valence-corrected chi connectivity index (χ3v) is 11.5. The summed E-state index contributed by atoms with van der Waals surface area (Å²) in [6.07, 6.45) is 43.8. The highest BCUT2D eigenvalue weighted by atomic mass is 16.6. The third-order valence-electron chi connectivity index (χ3n) is 11.5. The van der Waals surface area contributed by atoms with Crippen molar-refractivity contribution in [3.8, 4) is 0 Å². The van der Waals surface area contributed by atoms with E-state index < -0.39 is 6.10 Å². The van der Waals surface area contributed by atoms with E-state index in [9.17, 15) is 14.4 Å². The maximum atomic E-state index is 12.8. The number of carbonyl (C=O) groups excluding carboxylic acids is 3. The minimum absolute atomic E-state index is 0.0644. The molecule has 0 saturated heterocycles. The van der Waals surface area contributed by atoms with Gasteiger partial charge in [-0.3, -0.25) is 14.4 Å².